The van der Waals surface area contributed by atoms with Gasteiger partial charge in [-0.2, -0.15) is 0 Å². The van der Waals surface area contributed by atoms with Crippen LogP contribution in [0.15, 0.2) is 24.3 Å². The SMILES string of the molecule is Cc1ccccc1CN(C)C(=O)C1CCCN(C(=O)OC(C)(C)C)C1. The third-order valence-corrected chi connectivity index (χ3v) is 4.47. The fourth-order valence-corrected chi connectivity index (χ4v) is 3.10. The van der Waals surface area contributed by atoms with Crippen LogP contribution in [0.5, 0.6) is 0 Å². The lowest BCUT2D eigenvalue weighted by Gasteiger charge is -2.35. The predicted molar refractivity (Wildman–Crippen MR) is 98.2 cm³/mol. The molecule has 138 valence electrons. The molecule has 2 amide bonds. The van der Waals surface area contributed by atoms with Crippen LogP contribution in [0, 0.1) is 12.8 Å². The molecule has 0 aliphatic carbocycles. The number of rotatable bonds is 3. The molecule has 1 aromatic carbocycles. The summed E-state index contributed by atoms with van der Waals surface area (Å²) in [6.45, 7) is 9.30. The molecule has 5 heteroatoms. The largest absolute Gasteiger partial charge is 0.444 e. The minimum atomic E-state index is -0.518. The zero-order valence-electron chi connectivity index (χ0n) is 16.0. The first-order chi connectivity index (χ1) is 11.7. The number of amides is 2. The van der Waals surface area contributed by atoms with Crippen molar-refractivity contribution in [1.82, 2.24) is 9.80 Å². The Bertz CT molecular complexity index is 622. The van der Waals surface area contributed by atoms with E-state index in [1.54, 1.807) is 9.80 Å². The van der Waals surface area contributed by atoms with E-state index < -0.39 is 5.60 Å². The summed E-state index contributed by atoms with van der Waals surface area (Å²) >= 11 is 0. The average molecular weight is 346 g/mol. The molecule has 1 atom stereocenters. The highest BCUT2D eigenvalue weighted by Crippen LogP contribution is 2.22. The first-order valence-electron chi connectivity index (χ1n) is 8.95. The van der Waals surface area contributed by atoms with Gasteiger partial charge in [0.15, 0.2) is 0 Å². The van der Waals surface area contributed by atoms with Gasteiger partial charge in [0, 0.05) is 26.7 Å². The van der Waals surface area contributed by atoms with Crippen molar-refractivity contribution >= 4 is 12.0 Å². The Morgan fingerprint density at radius 2 is 1.96 bits per heavy atom. The maximum Gasteiger partial charge on any atom is 0.410 e. The molecule has 1 unspecified atom stereocenters. The van der Waals surface area contributed by atoms with Crippen molar-refractivity contribution in [3.05, 3.63) is 35.4 Å². The number of carbonyl (C=O) groups is 2. The lowest BCUT2D eigenvalue weighted by atomic mass is 9.96. The van der Waals surface area contributed by atoms with Crippen molar-refractivity contribution in [2.75, 3.05) is 20.1 Å². The van der Waals surface area contributed by atoms with Crippen molar-refractivity contribution in [2.24, 2.45) is 5.92 Å². The van der Waals surface area contributed by atoms with Gasteiger partial charge in [0.1, 0.15) is 5.60 Å². The van der Waals surface area contributed by atoms with Gasteiger partial charge < -0.3 is 14.5 Å². The van der Waals surface area contributed by atoms with Crippen LogP contribution in [0.3, 0.4) is 0 Å². The van der Waals surface area contributed by atoms with Crippen molar-refractivity contribution in [2.45, 2.75) is 52.7 Å². The molecular weight excluding hydrogens is 316 g/mol. The Morgan fingerprint density at radius 1 is 1.28 bits per heavy atom. The summed E-state index contributed by atoms with van der Waals surface area (Å²) in [5.74, 6) is -0.0631. The molecule has 0 radical (unpaired) electrons. The average Bonchev–Trinajstić information content (AvgIpc) is 2.54. The summed E-state index contributed by atoms with van der Waals surface area (Å²) in [6, 6.07) is 8.09. The van der Waals surface area contributed by atoms with Gasteiger partial charge in [-0.05, 0) is 51.7 Å². The smallest absolute Gasteiger partial charge is 0.410 e. The first-order valence-corrected chi connectivity index (χ1v) is 8.95. The number of benzene rings is 1. The van der Waals surface area contributed by atoms with E-state index in [0.29, 0.717) is 19.6 Å². The highest BCUT2D eigenvalue weighted by Gasteiger charge is 2.32. The molecule has 2 rings (SSSR count). The normalized spacial score (nSPS) is 18.0. The third kappa shape index (κ3) is 5.48. The highest BCUT2D eigenvalue weighted by molar-refractivity contribution is 5.80. The second kappa shape index (κ2) is 7.89. The molecule has 1 heterocycles. The zero-order valence-corrected chi connectivity index (χ0v) is 16.0. The lowest BCUT2D eigenvalue weighted by molar-refractivity contribution is -0.136. The molecule has 25 heavy (non-hydrogen) atoms. The molecule has 1 aliphatic rings. The number of hydrogen-bond acceptors (Lipinski definition) is 3. The van der Waals surface area contributed by atoms with E-state index in [0.717, 1.165) is 18.4 Å². The standard InChI is InChI=1S/C20H30N2O3/c1-15-9-6-7-10-16(15)13-21(5)18(23)17-11-8-12-22(14-17)19(24)25-20(2,3)4/h6-7,9-10,17H,8,11-14H2,1-5H3. The van der Waals surface area contributed by atoms with E-state index in [2.05, 4.69) is 13.0 Å². The second-order valence-electron chi connectivity index (χ2n) is 7.89. The second-order valence-corrected chi connectivity index (χ2v) is 7.89. The number of hydrogen-bond donors (Lipinski definition) is 0. The first kappa shape index (κ1) is 19.3. The minimum absolute atomic E-state index is 0.0940. The van der Waals surface area contributed by atoms with Gasteiger partial charge in [0.05, 0.1) is 5.92 Å². The molecule has 1 fully saturated rings. The van der Waals surface area contributed by atoms with Gasteiger partial charge in [0.25, 0.3) is 0 Å². The van der Waals surface area contributed by atoms with E-state index in [4.69, 9.17) is 4.74 Å². The van der Waals surface area contributed by atoms with E-state index in [1.165, 1.54) is 5.56 Å². The number of piperidine rings is 1. The summed E-state index contributed by atoms with van der Waals surface area (Å²) < 4.78 is 5.44. The molecule has 0 spiro atoms. The number of carbonyl (C=O) groups excluding carboxylic acids is 2. The van der Waals surface area contributed by atoms with Gasteiger partial charge in [-0.25, -0.2) is 4.79 Å². The third-order valence-electron chi connectivity index (χ3n) is 4.47. The van der Waals surface area contributed by atoms with Crippen LogP contribution >= 0.6 is 0 Å². The van der Waals surface area contributed by atoms with Gasteiger partial charge >= 0.3 is 6.09 Å². The number of aryl methyl sites for hydroxylation is 1. The summed E-state index contributed by atoms with van der Waals surface area (Å²) in [5.41, 5.74) is 1.81. The molecule has 5 nitrogen and oxygen atoms in total. The van der Waals surface area contributed by atoms with Crippen LogP contribution in [0.2, 0.25) is 0 Å². The topological polar surface area (TPSA) is 49.9 Å². The zero-order chi connectivity index (χ0) is 18.6. The van der Waals surface area contributed by atoms with Gasteiger partial charge in [0.2, 0.25) is 5.91 Å². The molecule has 0 N–H and O–H groups in total. The van der Waals surface area contributed by atoms with Crippen molar-refractivity contribution in [1.29, 1.82) is 0 Å². The van der Waals surface area contributed by atoms with Crippen LogP contribution in [-0.4, -0.2) is 47.5 Å². The van der Waals surface area contributed by atoms with Crippen molar-refractivity contribution in [3.8, 4) is 0 Å². The Labute approximate surface area is 150 Å². The molecule has 0 bridgehead atoms. The minimum Gasteiger partial charge on any atom is -0.444 e. The maximum atomic E-state index is 12.8. The van der Waals surface area contributed by atoms with Crippen LogP contribution in [-0.2, 0) is 16.1 Å². The molecule has 1 saturated heterocycles. The maximum absolute atomic E-state index is 12.8. The van der Waals surface area contributed by atoms with Crippen LogP contribution in [0.25, 0.3) is 0 Å². The van der Waals surface area contributed by atoms with E-state index in [9.17, 15) is 9.59 Å². The summed E-state index contributed by atoms with van der Waals surface area (Å²) in [4.78, 5) is 28.5. The van der Waals surface area contributed by atoms with E-state index in [1.807, 2.05) is 46.0 Å². The summed E-state index contributed by atoms with van der Waals surface area (Å²) in [5, 5.41) is 0. The fourth-order valence-electron chi connectivity index (χ4n) is 3.10. The van der Waals surface area contributed by atoms with E-state index in [-0.39, 0.29) is 17.9 Å². The molecule has 1 aromatic rings. The Morgan fingerprint density at radius 3 is 2.60 bits per heavy atom. The van der Waals surface area contributed by atoms with Crippen LogP contribution in [0.1, 0.15) is 44.7 Å². The monoisotopic (exact) mass is 346 g/mol. The quantitative estimate of drug-likeness (QED) is 0.840. The van der Waals surface area contributed by atoms with Crippen molar-refractivity contribution < 1.29 is 14.3 Å². The summed E-state index contributed by atoms with van der Waals surface area (Å²) in [7, 11) is 1.83. The van der Waals surface area contributed by atoms with Crippen molar-refractivity contribution in [3.63, 3.8) is 0 Å². The number of ether oxygens (including phenoxy) is 1. The lowest BCUT2D eigenvalue weighted by Crippen LogP contribution is -2.47. The highest BCUT2D eigenvalue weighted by atomic mass is 16.6. The Kier molecular flexibility index (Phi) is 6.09. The number of likely N-dealkylation sites (tertiary alicyclic amines) is 1. The van der Waals surface area contributed by atoms with Gasteiger partial charge in [-0.1, -0.05) is 24.3 Å². The van der Waals surface area contributed by atoms with Gasteiger partial charge in [-0.15, -0.1) is 0 Å². The van der Waals surface area contributed by atoms with Crippen LogP contribution in [0.4, 0.5) is 4.79 Å². The van der Waals surface area contributed by atoms with E-state index >= 15 is 0 Å². The van der Waals surface area contributed by atoms with Crippen LogP contribution < -0.4 is 0 Å². The molecule has 0 saturated carbocycles. The Hall–Kier alpha value is -2.04. The predicted octanol–water partition coefficient (Wildman–Crippen LogP) is 3.60. The fraction of sp³-hybridized carbons (Fsp3) is 0.600. The Balaban J connectivity index is 1.96. The molecule has 0 aromatic heterocycles. The summed E-state index contributed by atoms with van der Waals surface area (Å²) in [6.07, 6.45) is 1.32. The number of nitrogens with zero attached hydrogens (tertiary/aromatic N) is 2. The molecule has 1 aliphatic heterocycles. The molecular formula is C20H30N2O3. The van der Waals surface area contributed by atoms with Gasteiger partial charge in [-0.3, -0.25) is 4.79 Å².